The largest absolute Gasteiger partial charge is 0.328 e. The summed E-state index contributed by atoms with van der Waals surface area (Å²) in [7, 11) is -3.21. The second-order valence-corrected chi connectivity index (χ2v) is 8.70. The highest BCUT2D eigenvalue weighted by Crippen LogP contribution is 2.21. The summed E-state index contributed by atoms with van der Waals surface area (Å²) in [6, 6.07) is 8.68. The maximum atomic E-state index is 12.4. The third kappa shape index (κ3) is 3.96. The molecule has 0 bridgehead atoms. The highest BCUT2D eigenvalue weighted by Gasteiger charge is 2.15. The summed E-state index contributed by atoms with van der Waals surface area (Å²) in [6.07, 6.45) is 7.03. The lowest BCUT2D eigenvalue weighted by Gasteiger charge is -2.10. The van der Waals surface area contributed by atoms with Crippen LogP contribution in [0.5, 0.6) is 0 Å². The molecule has 0 unspecified atom stereocenters. The number of pyridine rings is 1. The highest BCUT2D eigenvalue weighted by atomic mass is 32.2. The van der Waals surface area contributed by atoms with Gasteiger partial charge in [0.15, 0.2) is 9.84 Å². The summed E-state index contributed by atoms with van der Waals surface area (Å²) in [4.78, 5) is 9.36. The van der Waals surface area contributed by atoms with Crippen molar-refractivity contribution >= 4 is 20.9 Å². The summed E-state index contributed by atoms with van der Waals surface area (Å²) >= 11 is 0. The van der Waals surface area contributed by atoms with E-state index in [2.05, 4.69) is 16.5 Å². The number of unbranched alkanes of at least 4 members (excludes halogenated alkanes) is 1. The zero-order valence-corrected chi connectivity index (χ0v) is 16.2. The molecule has 0 atom stereocenters. The lowest BCUT2D eigenvalue weighted by molar-refractivity contribution is 0.579. The van der Waals surface area contributed by atoms with Crippen LogP contribution in [0, 0.1) is 6.92 Å². The minimum absolute atomic E-state index is 0.174. The van der Waals surface area contributed by atoms with E-state index in [1.54, 1.807) is 30.5 Å². The number of rotatable bonds is 8. The Hall–Kier alpha value is -2.21. The van der Waals surface area contributed by atoms with E-state index < -0.39 is 9.84 Å². The van der Waals surface area contributed by atoms with Crippen LogP contribution >= 0.6 is 0 Å². The number of hydrogen-bond acceptors (Lipinski definition) is 4. The van der Waals surface area contributed by atoms with Crippen LogP contribution in [-0.2, 0) is 22.8 Å². The molecule has 6 heteroatoms. The first-order valence-corrected chi connectivity index (χ1v) is 10.8. The van der Waals surface area contributed by atoms with Crippen LogP contribution in [-0.4, -0.2) is 28.7 Å². The zero-order chi connectivity index (χ0) is 18.6. The fourth-order valence-corrected chi connectivity index (χ4v) is 4.66. The van der Waals surface area contributed by atoms with Crippen LogP contribution in [0.2, 0.25) is 0 Å². The first-order valence-electron chi connectivity index (χ1n) is 9.10. The van der Waals surface area contributed by atoms with Crippen LogP contribution in [0.3, 0.4) is 0 Å². The average Bonchev–Trinajstić information content (AvgIpc) is 2.98. The predicted molar refractivity (Wildman–Crippen MR) is 104 cm³/mol. The van der Waals surface area contributed by atoms with Crippen LogP contribution in [0.25, 0.3) is 11.0 Å². The molecule has 3 aromatic rings. The molecule has 5 nitrogen and oxygen atoms in total. The topological polar surface area (TPSA) is 64.8 Å². The third-order valence-corrected chi connectivity index (χ3v) is 6.35. The number of sulfone groups is 1. The Morgan fingerprint density at radius 3 is 2.58 bits per heavy atom. The van der Waals surface area contributed by atoms with E-state index in [0.717, 1.165) is 48.2 Å². The summed E-state index contributed by atoms with van der Waals surface area (Å²) in [6.45, 7) is 4.96. The SMILES string of the molecule is CCCc1nc2cncc(C)c2n1CCCCS(=O)(=O)c1ccccc1. The number of nitrogens with zero attached hydrogens (tertiary/aromatic N) is 3. The van der Waals surface area contributed by atoms with Crippen molar-refractivity contribution in [3.63, 3.8) is 0 Å². The summed E-state index contributed by atoms with van der Waals surface area (Å²) in [5, 5.41) is 0. The quantitative estimate of drug-likeness (QED) is 0.563. The van der Waals surface area contributed by atoms with Gasteiger partial charge in [-0.05, 0) is 43.9 Å². The molecule has 0 saturated carbocycles. The van der Waals surface area contributed by atoms with Gasteiger partial charge in [-0.15, -0.1) is 0 Å². The number of aryl methyl sites for hydroxylation is 3. The van der Waals surface area contributed by atoms with Gasteiger partial charge in [-0.2, -0.15) is 0 Å². The molecular weight excluding hydrogens is 346 g/mol. The van der Waals surface area contributed by atoms with E-state index in [1.807, 2.05) is 19.2 Å². The molecule has 0 radical (unpaired) electrons. The number of fused-ring (bicyclic) bond motifs is 1. The Bertz CT molecular complexity index is 979. The van der Waals surface area contributed by atoms with Crippen molar-refractivity contribution in [1.82, 2.24) is 14.5 Å². The molecule has 0 aliphatic rings. The van der Waals surface area contributed by atoms with E-state index in [-0.39, 0.29) is 5.75 Å². The van der Waals surface area contributed by atoms with E-state index in [0.29, 0.717) is 11.3 Å². The van der Waals surface area contributed by atoms with Crippen LogP contribution in [0.4, 0.5) is 0 Å². The van der Waals surface area contributed by atoms with E-state index in [4.69, 9.17) is 4.98 Å². The second-order valence-electron chi connectivity index (χ2n) is 6.59. The smallest absolute Gasteiger partial charge is 0.178 e. The number of hydrogen-bond donors (Lipinski definition) is 0. The Labute approximate surface area is 155 Å². The van der Waals surface area contributed by atoms with E-state index >= 15 is 0 Å². The van der Waals surface area contributed by atoms with Crippen LogP contribution in [0.15, 0.2) is 47.6 Å². The monoisotopic (exact) mass is 371 g/mol. The molecule has 0 aliphatic carbocycles. The van der Waals surface area contributed by atoms with Gasteiger partial charge in [0.25, 0.3) is 0 Å². The molecule has 2 heterocycles. The lowest BCUT2D eigenvalue weighted by Crippen LogP contribution is -2.09. The lowest BCUT2D eigenvalue weighted by atomic mass is 10.2. The van der Waals surface area contributed by atoms with Gasteiger partial charge in [-0.3, -0.25) is 4.98 Å². The summed E-state index contributed by atoms with van der Waals surface area (Å²) in [5.74, 6) is 1.23. The minimum atomic E-state index is -3.21. The van der Waals surface area contributed by atoms with Gasteiger partial charge in [0.2, 0.25) is 0 Å². The van der Waals surface area contributed by atoms with Crippen molar-refractivity contribution in [3.05, 3.63) is 54.1 Å². The first-order chi connectivity index (χ1) is 12.5. The standard InChI is InChI=1S/C20H25N3O2S/c1-3-9-19-22-18-15-21-14-16(2)20(18)23(19)12-7-8-13-26(24,25)17-10-5-4-6-11-17/h4-6,10-11,14-15H,3,7-9,12-13H2,1-2H3. The van der Waals surface area contributed by atoms with E-state index in [1.165, 1.54) is 0 Å². The van der Waals surface area contributed by atoms with Crippen molar-refractivity contribution in [3.8, 4) is 0 Å². The van der Waals surface area contributed by atoms with Crippen molar-refractivity contribution in [2.75, 3.05) is 5.75 Å². The Balaban J connectivity index is 1.71. The molecular formula is C20H25N3O2S. The number of benzene rings is 1. The van der Waals surface area contributed by atoms with Crippen molar-refractivity contribution in [2.45, 2.75) is 51.0 Å². The molecule has 0 saturated heterocycles. The molecule has 26 heavy (non-hydrogen) atoms. The van der Waals surface area contributed by atoms with Crippen molar-refractivity contribution < 1.29 is 8.42 Å². The molecule has 0 aliphatic heterocycles. The highest BCUT2D eigenvalue weighted by molar-refractivity contribution is 7.91. The van der Waals surface area contributed by atoms with E-state index in [9.17, 15) is 8.42 Å². The summed E-state index contributed by atoms with van der Waals surface area (Å²) < 4.78 is 27.0. The molecule has 1 aromatic carbocycles. The normalized spacial score (nSPS) is 11.9. The van der Waals surface area contributed by atoms with Crippen LogP contribution in [0.1, 0.15) is 37.6 Å². The maximum absolute atomic E-state index is 12.4. The summed E-state index contributed by atoms with van der Waals surface area (Å²) in [5.41, 5.74) is 3.15. The van der Waals surface area contributed by atoms with Crippen molar-refractivity contribution in [2.24, 2.45) is 0 Å². The predicted octanol–water partition coefficient (Wildman–Crippen LogP) is 3.95. The van der Waals surface area contributed by atoms with Crippen molar-refractivity contribution in [1.29, 1.82) is 0 Å². The molecule has 0 spiro atoms. The van der Waals surface area contributed by atoms with Gasteiger partial charge in [0, 0.05) is 19.2 Å². The Kier molecular flexibility index (Phi) is 5.71. The molecule has 0 fully saturated rings. The fraction of sp³-hybridized carbons (Fsp3) is 0.400. The molecule has 0 N–H and O–H groups in total. The Morgan fingerprint density at radius 1 is 1.08 bits per heavy atom. The van der Waals surface area contributed by atoms with Gasteiger partial charge in [0.05, 0.1) is 22.4 Å². The Morgan fingerprint density at radius 2 is 1.85 bits per heavy atom. The number of imidazole rings is 1. The second kappa shape index (κ2) is 7.99. The van der Waals surface area contributed by atoms with Gasteiger partial charge in [-0.1, -0.05) is 25.1 Å². The molecule has 2 aromatic heterocycles. The fourth-order valence-electron chi connectivity index (χ4n) is 3.27. The average molecular weight is 372 g/mol. The van der Waals surface area contributed by atoms with Crippen LogP contribution < -0.4 is 0 Å². The first kappa shape index (κ1) is 18.6. The van der Waals surface area contributed by atoms with Gasteiger partial charge in [-0.25, -0.2) is 13.4 Å². The van der Waals surface area contributed by atoms with Gasteiger partial charge < -0.3 is 4.57 Å². The zero-order valence-electron chi connectivity index (χ0n) is 15.4. The molecule has 3 rings (SSSR count). The molecule has 138 valence electrons. The minimum Gasteiger partial charge on any atom is -0.328 e. The third-order valence-electron chi connectivity index (χ3n) is 4.53. The number of aromatic nitrogens is 3. The maximum Gasteiger partial charge on any atom is 0.178 e. The molecule has 0 amide bonds. The van der Waals surface area contributed by atoms with Gasteiger partial charge in [0.1, 0.15) is 11.3 Å². The van der Waals surface area contributed by atoms with Gasteiger partial charge >= 0.3 is 0 Å².